The molecule has 0 bridgehead atoms. The number of carbonyl (C=O) groups is 1. The van der Waals surface area contributed by atoms with E-state index in [-0.39, 0.29) is 6.10 Å². The van der Waals surface area contributed by atoms with Crippen LogP contribution in [0.1, 0.15) is 120 Å². The first-order chi connectivity index (χ1) is 21.1. The second-order valence-corrected chi connectivity index (χ2v) is 11.4. The van der Waals surface area contributed by atoms with Crippen molar-refractivity contribution in [3.05, 3.63) is 83.9 Å². The maximum Gasteiger partial charge on any atom is 0.343 e. The molecule has 0 aliphatic rings. The van der Waals surface area contributed by atoms with Crippen LogP contribution in [0, 0.1) is 0 Å². The van der Waals surface area contributed by atoms with E-state index >= 15 is 0 Å². The molecule has 5 nitrogen and oxygen atoms in total. The van der Waals surface area contributed by atoms with Crippen LogP contribution in [0.15, 0.2) is 72.8 Å². The number of unbranched alkanes of at least 4 members (excludes halogenated alkanes) is 10. The zero-order valence-corrected chi connectivity index (χ0v) is 26.7. The summed E-state index contributed by atoms with van der Waals surface area (Å²) in [7, 11) is 0. The summed E-state index contributed by atoms with van der Waals surface area (Å²) in [5.41, 5.74) is 1.52. The molecule has 1 atom stereocenters. The highest BCUT2D eigenvalue weighted by Gasteiger charge is 2.10. The summed E-state index contributed by atoms with van der Waals surface area (Å²) in [6, 6.07) is 22.3. The highest BCUT2D eigenvalue weighted by Crippen LogP contribution is 2.22. The molecule has 0 aliphatic heterocycles. The average Bonchev–Trinajstić information content (AvgIpc) is 3.03. The van der Waals surface area contributed by atoms with E-state index < -0.39 is 5.97 Å². The van der Waals surface area contributed by atoms with Gasteiger partial charge in [-0.15, -0.1) is 0 Å². The van der Waals surface area contributed by atoms with E-state index in [0.717, 1.165) is 36.5 Å². The molecule has 0 spiro atoms. The lowest BCUT2D eigenvalue weighted by Crippen LogP contribution is -2.11. The number of carbonyl (C=O) groups excluding carboxylic acids is 1. The third kappa shape index (κ3) is 14.0. The fourth-order valence-electron chi connectivity index (χ4n) is 4.86. The van der Waals surface area contributed by atoms with Crippen LogP contribution in [-0.4, -0.2) is 18.7 Å². The van der Waals surface area contributed by atoms with E-state index in [9.17, 15) is 4.79 Å². The van der Waals surface area contributed by atoms with Crippen molar-refractivity contribution in [3.8, 4) is 23.0 Å². The topological polar surface area (TPSA) is 54.0 Å². The summed E-state index contributed by atoms with van der Waals surface area (Å²) in [6.45, 7) is 7.77. The molecular formula is C38H52O5. The molecule has 5 heteroatoms. The molecule has 234 valence electrons. The lowest BCUT2D eigenvalue weighted by Gasteiger charge is -2.15. The van der Waals surface area contributed by atoms with Crippen molar-refractivity contribution in [2.75, 3.05) is 6.61 Å². The monoisotopic (exact) mass is 588 g/mol. The second kappa shape index (κ2) is 20.4. The third-order valence-electron chi connectivity index (χ3n) is 7.52. The van der Waals surface area contributed by atoms with Crippen LogP contribution >= 0.6 is 0 Å². The summed E-state index contributed by atoms with van der Waals surface area (Å²) in [5.74, 6) is 2.44. The predicted molar refractivity (Wildman–Crippen MR) is 176 cm³/mol. The van der Waals surface area contributed by atoms with Gasteiger partial charge in [-0.2, -0.15) is 0 Å². The van der Waals surface area contributed by atoms with Gasteiger partial charge in [-0.1, -0.05) is 90.2 Å². The maximum atomic E-state index is 12.6. The largest absolute Gasteiger partial charge is 0.494 e. The molecule has 0 aromatic heterocycles. The van der Waals surface area contributed by atoms with Gasteiger partial charge in [0, 0.05) is 0 Å². The predicted octanol–water partition coefficient (Wildman–Crippen LogP) is 10.7. The Morgan fingerprint density at radius 3 is 1.74 bits per heavy atom. The van der Waals surface area contributed by atoms with Crippen molar-refractivity contribution in [2.24, 2.45) is 0 Å². The molecule has 1 unspecified atom stereocenters. The Hall–Kier alpha value is -3.47. The van der Waals surface area contributed by atoms with Gasteiger partial charge in [-0.05, 0) is 92.4 Å². The minimum atomic E-state index is -0.410. The lowest BCUT2D eigenvalue weighted by molar-refractivity contribution is 0.0734. The summed E-state index contributed by atoms with van der Waals surface area (Å²) in [6.07, 6.45) is 16.5. The van der Waals surface area contributed by atoms with Crippen LogP contribution in [0.5, 0.6) is 23.0 Å². The van der Waals surface area contributed by atoms with Gasteiger partial charge in [0.2, 0.25) is 0 Å². The van der Waals surface area contributed by atoms with Crippen LogP contribution in [0.2, 0.25) is 0 Å². The third-order valence-corrected chi connectivity index (χ3v) is 7.52. The molecule has 3 aromatic rings. The number of hydrogen-bond acceptors (Lipinski definition) is 5. The van der Waals surface area contributed by atoms with E-state index in [1.807, 2.05) is 36.4 Å². The van der Waals surface area contributed by atoms with Crippen molar-refractivity contribution in [1.29, 1.82) is 0 Å². The summed E-state index contributed by atoms with van der Waals surface area (Å²) < 4.78 is 23.4. The zero-order valence-electron chi connectivity index (χ0n) is 26.7. The highest BCUT2D eigenvalue weighted by molar-refractivity contribution is 5.91. The molecule has 3 rings (SSSR count). The van der Waals surface area contributed by atoms with Gasteiger partial charge in [0.1, 0.15) is 29.6 Å². The summed E-state index contributed by atoms with van der Waals surface area (Å²) in [4.78, 5) is 12.6. The van der Waals surface area contributed by atoms with Crippen molar-refractivity contribution >= 4 is 5.97 Å². The fraction of sp³-hybridized carbons (Fsp3) is 0.500. The molecule has 0 saturated carbocycles. The van der Waals surface area contributed by atoms with Crippen molar-refractivity contribution in [2.45, 2.75) is 117 Å². The fourth-order valence-corrected chi connectivity index (χ4v) is 4.86. The van der Waals surface area contributed by atoms with E-state index in [4.69, 9.17) is 18.9 Å². The molecule has 0 N–H and O–H groups in total. The van der Waals surface area contributed by atoms with Gasteiger partial charge in [-0.3, -0.25) is 0 Å². The van der Waals surface area contributed by atoms with Crippen LogP contribution < -0.4 is 18.9 Å². The molecule has 0 heterocycles. The average molecular weight is 589 g/mol. The maximum absolute atomic E-state index is 12.6. The van der Waals surface area contributed by atoms with Gasteiger partial charge in [-0.25, -0.2) is 4.79 Å². The standard InChI is InChI=1S/C38H52O5/c1-4-6-8-10-11-12-13-15-29-40-34-21-17-32(18-22-34)30-41-35-23-19-33(20-24-35)38(39)43-37-27-25-36(26-28-37)42-31(3)16-14-9-7-5-2/h17-28,31H,4-16,29-30H2,1-3H3. The minimum absolute atomic E-state index is 0.161. The van der Waals surface area contributed by atoms with Crippen LogP contribution in [-0.2, 0) is 6.61 Å². The van der Waals surface area contributed by atoms with Crippen LogP contribution in [0.3, 0.4) is 0 Å². The van der Waals surface area contributed by atoms with Crippen molar-refractivity contribution in [1.82, 2.24) is 0 Å². The molecular weight excluding hydrogens is 536 g/mol. The Labute approximate surface area is 259 Å². The molecule has 0 saturated heterocycles. The Morgan fingerprint density at radius 1 is 0.581 bits per heavy atom. The van der Waals surface area contributed by atoms with Gasteiger partial charge >= 0.3 is 5.97 Å². The zero-order chi connectivity index (χ0) is 30.5. The smallest absolute Gasteiger partial charge is 0.343 e. The van der Waals surface area contributed by atoms with Crippen LogP contribution in [0.25, 0.3) is 0 Å². The number of rotatable bonds is 22. The van der Waals surface area contributed by atoms with E-state index in [2.05, 4.69) is 20.8 Å². The van der Waals surface area contributed by atoms with Gasteiger partial charge in [0.25, 0.3) is 0 Å². The number of esters is 1. The number of hydrogen-bond donors (Lipinski definition) is 0. The Balaban J connectivity index is 1.33. The minimum Gasteiger partial charge on any atom is -0.494 e. The first kappa shape index (κ1) is 34.0. The molecule has 0 aliphatic carbocycles. The molecule has 3 aromatic carbocycles. The number of ether oxygens (including phenoxy) is 4. The molecule has 43 heavy (non-hydrogen) atoms. The quantitative estimate of drug-likeness (QED) is 0.0664. The van der Waals surface area contributed by atoms with Gasteiger partial charge in [0.15, 0.2) is 0 Å². The van der Waals surface area contributed by atoms with Crippen LogP contribution in [0.4, 0.5) is 0 Å². The highest BCUT2D eigenvalue weighted by atomic mass is 16.5. The molecule has 0 radical (unpaired) electrons. The van der Waals surface area contributed by atoms with E-state index in [0.29, 0.717) is 23.7 Å². The van der Waals surface area contributed by atoms with Gasteiger partial charge in [0.05, 0.1) is 18.3 Å². The Morgan fingerprint density at radius 2 is 1.09 bits per heavy atom. The summed E-state index contributed by atoms with van der Waals surface area (Å²) >= 11 is 0. The lowest BCUT2D eigenvalue weighted by atomic mass is 10.1. The first-order valence-electron chi connectivity index (χ1n) is 16.5. The molecule has 0 fully saturated rings. The van der Waals surface area contributed by atoms with Crippen molar-refractivity contribution in [3.63, 3.8) is 0 Å². The SMILES string of the molecule is CCCCCCCCCCOc1ccc(COc2ccc(C(=O)Oc3ccc(OC(C)CCCCCC)cc3)cc2)cc1. The summed E-state index contributed by atoms with van der Waals surface area (Å²) in [5, 5.41) is 0. The normalized spacial score (nSPS) is 11.6. The second-order valence-electron chi connectivity index (χ2n) is 11.4. The van der Waals surface area contributed by atoms with Gasteiger partial charge < -0.3 is 18.9 Å². The van der Waals surface area contributed by atoms with E-state index in [1.54, 1.807) is 36.4 Å². The van der Waals surface area contributed by atoms with E-state index in [1.165, 1.54) is 70.6 Å². The Bertz CT molecular complexity index is 1140. The Kier molecular flexibility index (Phi) is 16.2. The number of benzene rings is 3. The first-order valence-corrected chi connectivity index (χ1v) is 16.5. The molecule has 0 amide bonds. The van der Waals surface area contributed by atoms with Crippen molar-refractivity contribution < 1.29 is 23.7 Å².